The molecule has 204 valence electrons. The van der Waals surface area contributed by atoms with Crippen molar-refractivity contribution in [2.75, 3.05) is 0 Å². The Balaban J connectivity index is 1.24. The van der Waals surface area contributed by atoms with Crippen molar-refractivity contribution in [2.45, 2.75) is 43.9 Å². The van der Waals surface area contributed by atoms with Gasteiger partial charge in [0.05, 0.1) is 11.6 Å². The van der Waals surface area contributed by atoms with E-state index in [9.17, 15) is 5.26 Å². The van der Waals surface area contributed by atoms with Gasteiger partial charge >= 0.3 is 0 Å². The van der Waals surface area contributed by atoms with Crippen LogP contribution in [-0.2, 0) is 5.41 Å². The minimum Gasteiger partial charge on any atom is -0.208 e. The molecule has 1 heterocycles. The Bertz CT molecular complexity index is 1770. The Morgan fingerprint density at radius 2 is 0.976 bits per heavy atom. The summed E-state index contributed by atoms with van der Waals surface area (Å²) < 4.78 is 0. The molecule has 4 aromatic carbocycles. The second kappa shape index (κ2) is 10.0. The normalized spacial score (nSPS) is 23.9. The molecule has 4 nitrogen and oxygen atoms in total. The maximum atomic E-state index is 10.1. The summed E-state index contributed by atoms with van der Waals surface area (Å²) in [5, 5.41) is 10.1. The predicted octanol–water partition coefficient (Wildman–Crippen LogP) is 8.88. The van der Waals surface area contributed by atoms with Crippen molar-refractivity contribution < 1.29 is 0 Å². The van der Waals surface area contributed by atoms with Gasteiger partial charge in [-0.15, -0.1) is 0 Å². The second-order valence-corrected chi connectivity index (χ2v) is 12.7. The number of aromatic nitrogens is 3. The fourth-order valence-corrected chi connectivity index (χ4v) is 8.38. The molecule has 42 heavy (non-hydrogen) atoms. The average Bonchev–Trinajstić information content (AvgIpc) is 3.04. The van der Waals surface area contributed by atoms with E-state index in [1.165, 1.54) is 49.7 Å². The van der Waals surface area contributed by atoms with Crippen LogP contribution in [-0.4, -0.2) is 15.0 Å². The highest BCUT2D eigenvalue weighted by Gasteiger charge is 2.51. The van der Waals surface area contributed by atoms with E-state index in [1.54, 1.807) is 0 Å². The highest BCUT2D eigenvalue weighted by molar-refractivity contribution is 5.71. The average molecular weight is 545 g/mol. The molecule has 5 aromatic rings. The fourth-order valence-electron chi connectivity index (χ4n) is 8.38. The molecule has 1 aromatic heterocycles. The molecule has 4 fully saturated rings. The number of benzene rings is 4. The van der Waals surface area contributed by atoms with Crippen molar-refractivity contribution in [3.8, 4) is 51.4 Å². The van der Waals surface area contributed by atoms with E-state index in [1.807, 2.05) is 42.5 Å². The van der Waals surface area contributed by atoms with E-state index in [0.717, 1.165) is 40.0 Å². The standard InChI is InChI=1S/C38H32N4/c39-24-28-18-33(20-34(19-28)38-21-25-15-26(22-38)17-27(16-25)23-38)37-41-35(31-9-5-2-6-10-31)40-36(42-37)32-13-11-30(12-14-32)29-7-3-1-4-8-29/h1-14,18-20,25-27H,15-17,21-23H2. The molecule has 0 aliphatic heterocycles. The van der Waals surface area contributed by atoms with Crippen molar-refractivity contribution in [1.29, 1.82) is 5.26 Å². The minimum atomic E-state index is 0.182. The van der Waals surface area contributed by atoms with Gasteiger partial charge in [-0.1, -0.05) is 84.9 Å². The highest BCUT2D eigenvalue weighted by Crippen LogP contribution is 2.61. The van der Waals surface area contributed by atoms with Gasteiger partial charge in [0.15, 0.2) is 17.5 Å². The van der Waals surface area contributed by atoms with Gasteiger partial charge in [0.25, 0.3) is 0 Å². The lowest BCUT2D eigenvalue weighted by Gasteiger charge is -2.57. The Morgan fingerprint density at radius 1 is 0.524 bits per heavy atom. The summed E-state index contributed by atoms with van der Waals surface area (Å²) in [5.74, 6) is 4.39. The minimum absolute atomic E-state index is 0.182. The number of nitrogens with zero attached hydrogens (tertiary/aromatic N) is 4. The molecule has 0 radical (unpaired) electrons. The first-order valence-electron chi connectivity index (χ1n) is 15.2. The molecule has 4 aliphatic carbocycles. The zero-order valence-corrected chi connectivity index (χ0v) is 23.6. The lowest BCUT2D eigenvalue weighted by atomic mass is 9.48. The Labute approximate surface area is 247 Å². The quantitative estimate of drug-likeness (QED) is 0.222. The van der Waals surface area contributed by atoms with E-state index < -0.39 is 0 Å². The molecule has 4 saturated carbocycles. The summed E-state index contributed by atoms with van der Waals surface area (Å²) in [7, 11) is 0. The van der Waals surface area contributed by atoms with Gasteiger partial charge < -0.3 is 0 Å². The van der Waals surface area contributed by atoms with Gasteiger partial charge in [-0.25, -0.2) is 15.0 Å². The smallest absolute Gasteiger partial charge is 0.164 e. The van der Waals surface area contributed by atoms with Crippen LogP contribution < -0.4 is 0 Å². The van der Waals surface area contributed by atoms with Crippen molar-refractivity contribution in [3.63, 3.8) is 0 Å². The molecular weight excluding hydrogens is 512 g/mol. The van der Waals surface area contributed by atoms with Crippen LogP contribution in [0.25, 0.3) is 45.3 Å². The van der Waals surface area contributed by atoms with Gasteiger partial charge in [-0.2, -0.15) is 5.26 Å². The first-order valence-corrected chi connectivity index (χ1v) is 15.2. The maximum absolute atomic E-state index is 10.1. The lowest BCUT2D eigenvalue weighted by Crippen LogP contribution is -2.48. The monoisotopic (exact) mass is 544 g/mol. The molecule has 4 bridgehead atoms. The molecule has 0 spiro atoms. The Morgan fingerprint density at radius 3 is 1.52 bits per heavy atom. The molecule has 0 atom stereocenters. The van der Waals surface area contributed by atoms with Crippen molar-refractivity contribution in [2.24, 2.45) is 17.8 Å². The summed E-state index contributed by atoms with van der Waals surface area (Å²) in [5.41, 5.74) is 7.30. The number of rotatable bonds is 5. The summed E-state index contributed by atoms with van der Waals surface area (Å²) in [6, 6.07) is 37.7. The number of hydrogen-bond acceptors (Lipinski definition) is 4. The van der Waals surface area contributed by atoms with Crippen molar-refractivity contribution in [3.05, 3.63) is 114 Å². The first-order chi connectivity index (χ1) is 20.6. The molecule has 0 unspecified atom stereocenters. The van der Waals surface area contributed by atoms with Crippen LogP contribution in [0.3, 0.4) is 0 Å². The SMILES string of the molecule is N#Cc1cc(-c2nc(-c3ccccc3)nc(-c3ccc(-c4ccccc4)cc3)n2)cc(C23CC4CC(CC(C4)C2)C3)c1. The largest absolute Gasteiger partial charge is 0.208 e. The predicted molar refractivity (Wildman–Crippen MR) is 166 cm³/mol. The summed E-state index contributed by atoms with van der Waals surface area (Å²) in [6.45, 7) is 0. The zero-order valence-electron chi connectivity index (χ0n) is 23.6. The zero-order chi connectivity index (χ0) is 28.1. The van der Waals surface area contributed by atoms with Crippen molar-refractivity contribution in [1.82, 2.24) is 15.0 Å². The van der Waals surface area contributed by atoms with Crippen LogP contribution in [0, 0.1) is 29.1 Å². The Hall–Kier alpha value is -4.62. The van der Waals surface area contributed by atoms with Gasteiger partial charge in [0.2, 0.25) is 0 Å². The van der Waals surface area contributed by atoms with Crippen molar-refractivity contribution >= 4 is 0 Å². The van der Waals surface area contributed by atoms with Gasteiger partial charge in [0, 0.05) is 16.7 Å². The lowest BCUT2D eigenvalue weighted by molar-refractivity contribution is -0.00518. The van der Waals surface area contributed by atoms with Crippen LogP contribution in [0.4, 0.5) is 0 Å². The number of nitriles is 1. The van der Waals surface area contributed by atoms with Crippen LogP contribution in [0.1, 0.15) is 49.7 Å². The van der Waals surface area contributed by atoms with E-state index in [4.69, 9.17) is 15.0 Å². The Kier molecular flexibility index (Phi) is 6.00. The molecule has 0 amide bonds. The number of hydrogen-bond donors (Lipinski definition) is 0. The molecular formula is C38H32N4. The summed E-state index contributed by atoms with van der Waals surface area (Å²) in [4.78, 5) is 15.0. The maximum Gasteiger partial charge on any atom is 0.164 e. The van der Waals surface area contributed by atoms with Crippen LogP contribution in [0.15, 0.2) is 103 Å². The van der Waals surface area contributed by atoms with Crippen LogP contribution >= 0.6 is 0 Å². The third-order valence-electron chi connectivity index (χ3n) is 9.89. The topological polar surface area (TPSA) is 62.5 Å². The second-order valence-electron chi connectivity index (χ2n) is 12.7. The third-order valence-corrected chi connectivity index (χ3v) is 9.89. The third kappa shape index (κ3) is 4.50. The fraction of sp³-hybridized carbons (Fsp3) is 0.263. The highest BCUT2D eigenvalue weighted by atomic mass is 15.0. The van der Waals surface area contributed by atoms with Gasteiger partial charge in [0.1, 0.15) is 0 Å². The van der Waals surface area contributed by atoms with E-state index in [-0.39, 0.29) is 5.41 Å². The first kappa shape index (κ1) is 25.1. The summed E-state index contributed by atoms with van der Waals surface area (Å²) in [6.07, 6.45) is 7.93. The molecule has 0 saturated heterocycles. The summed E-state index contributed by atoms with van der Waals surface area (Å²) >= 11 is 0. The van der Waals surface area contributed by atoms with Crippen LogP contribution in [0.5, 0.6) is 0 Å². The van der Waals surface area contributed by atoms with Gasteiger partial charge in [-0.3, -0.25) is 0 Å². The molecule has 4 aliphatic rings. The van der Waals surface area contributed by atoms with E-state index in [0.29, 0.717) is 23.0 Å². The van der Waals surface area contributed by atoms with Crippen LogP contribution in [0.2, 0.25) is 0 Å². The van der Waals surface area contributed by atoms with E-state index >= 15 is 0 Å². The van der Waals surface area contributed by atoms with E-state index in [2.05, 4.69) is 66.7 Å². The molecule has 4 heteroatoms. The molecule has 0 N–H and O–H groups in total. The molecule has 9 rings (SSSR count). The van der Waals surface area contributed by atoms with Gasteiger partial charge in [-0.05, 0) is 96.6 Å².